The molecule has 28 heavy (non-hydrogen) atoms. The highest BCUT2D eigenvalue weighted by Gasteiger charge is 2.38. The molecule has 5 atom stereocenters. The Bertz CT molecular complexity index is 765. The minimum Gasteiger partial charge on any atom is -0.461 e. The molecule has 1 saturated carbocycles. The molecular weight excluding hydrogens is 360 g/mol. The largest absolute Gasteiger partial charge is 0.461 e. The first-order chi connectivity index (χ1) is 14.6. The van der Waals surface area contributed by atoms with E-state index < -0.39 is 24.6 Å². The summed E-state index contributed by atoms with van der Waals surface area (Å²) in [6, 6.07) is -1.83. The molecule has 0 aromatic carbocycles. The molecule has 3 rings (SSSR count). The van der Waals surface area contributed by atoms with Gasteiger partial charge in [-0.2, -0.15) is 5.21 Å². The predicted octanol–water partition coefficient (Wildman–Crippen LogP) is 0.985. The molecule has 1 aromatic heterocycles. The number of amides is 1. The third kappa shape index (κ3) is 5.98. The average Bonchev–Trinajstić information content (AvgIpc) is 3.18. The van der Waals surface area contributed by atoms with Gasteiger partial charge in [0.25, 0.3) is 0 Å². The first-order valence-electron chi connectivity index (χ1n) is 11.6. The molecular formula is C19H32N6O3. The highest BCUT2D eigenvalue weighted by Crippen LogP contribution is 2.40. The number of ether oxygens (including phenoxy) is 1. The van der Waals surface area contributed by atoms with Gasteiger partial charge in [-0.25, -0.2) is 0 Å². The lowest BCUT2D eigenvalue weighted by Gasteiger charge is -2.42. The van der Waals surface area contributed by atoms with Crippen LogP contribution >= 0.6 is 0 Å². The highest BCUT2D eigenvalue weighted by molar-refractivity contribution is 5.76. The molecule has 1 aliphatic carbocycles. The van der Waals surface area contributed by atoms with E-state index in [-0.39, 0.29) is 24.2 Å². The van der Waals surface area contributed by atoms with Gasteiger partial charge in [-0.05, 0) is 56.9 Å². The first kappa shape index (κ1) is 16.9. The van der Waals surface area contributed by atoms with Crippen molar-refractivity contribution < 1.29 is 18.4 Å². The summed E-state index contributed by atoms with van der Waals surface area (Å²) in [5.41, 5.74) is 0. The smallest absolute Gasteiger partial charge is 0.323 e. The number of nitrogens with zero attached hydrogens (tertiary/aromatic N) is 3. The van der Waals surface area contributed by atoms with Crippen LogP contribution in [0.2, 0.25) is 0 Å². The molecule has 0 spiro atoms. The second kappa shape index (κ2) is 9.95. The van der Waals surface area contributed by atoms with E-state index in [1.54, 1.807) is 6.92 Å². The summed E-state index contributed by atoms with van der Waals surface area (Å²) in [5.74, 6) is -0.216. The van der Waals surface area contributed by atoms with Crippen LogP contribution in [-0.2, 0) is 20.7 Å². The number of aromatic nitrogens is 4. The number of esters is 1. The van der Waals surface area contributed by atoms with Gasteiger partial charge in [-0.1, -0.05) is 11.6 Å². The lowest BCUT2D eigenvalue weighted by atomic mass is 9.69. The fourth-order valence-electron chi connectivity index (χ4n) is 4.05. The normalized spacial score (nSPS) is 34.2. The zero-order valence-corrected chi connectivity index (χ0v) is 16.5. The maximum atomic E-state index is 12.8. The number of aromatic amines is 1. The van der Waals surface area contributed by atoms with Gasteiger partial charge < -0.3 is 15.4 Å². The number of hydrogen-bond acceptors (Lipinski definition) is 7. The van der Waals surface area contributed by atoms with Crippen LogP contribution in [0.5, 0.6) is 0 Å². The zero-order chi connectivity index (χ0) is 22.6. The molecule has 0 bridgehead atoms. The summed E-state index contributed by atoms with van der Waals surface area (Å²) in [5, 5.41) is 19.3. The van der Waals surface area contributed by atoms with Gasteiger partial charge in [0, 0.05) is 29.1 Å². The van der Waals surface area contributed by atoms with Crippen molar-refractivity contribution in [2.24, 2.45) is 17.8 Å². The molecule has 1 saturated heterocycles. The van der Waals surface area contributed by atoms with Crippen LogP contribution in [-0.4, -0.2) is 57.7 Å². The van der Waals surface area contributed by atoms with Crippen LogP contribution in [0.25, 0.3) is 0 Å². The molecule has 1 amide bonds. The minimum absolute atomic E-state index is 0.0833. The molecule has 2 fully saturated rings. The Balaban J connectivity index is 1.59. The molecule has 3 N–H and O–H groups in total. The number of tetrazole rings is 1. The van der Waals surface area contributed by atoms with E-state index >= 15 is 0 Å². The molecule has 1 aliphatic heterocycles. The van der Waals surface area contributed by atoms with Crippen molar-refractivity contribution in [3.8, 4) is 0 Å². The molecule has 9 heteroatoms. The van der Waals surface area contributed by atoms with Gasteiger partial charge in [0.05, 0.1) is 1.37 Å². The van der Waals surface area contributed by atoms with Gasteiger partial charge >= 0.3 is 5.97 Å². The lowest BCUT2D eigenvalue weighted by Crippen LogP contribution is -2.50. The van der Waals surface area contributed by atoms with Gasteiger partial charge in [0.1, 0.15) is 12.1 Å². The Morgan fingerprint density at radius 2 is 2.25 bits per heavy atom. The summed E-state index contributed by atoms with van der Waals surface area (Å²) in [4.78, 5) is 23.8. The van der Waals surface area contributed by atoms with Crippen LogP contribution in [0.15, 0.2) is 0 Å². The van der Waals surface area contributed by atoms with Crippen LogP contribution in [0.1, 0.15) is 62.3 Å². The monoisotopic (exact) mass is 395 g/mol. The van der Waals surface area contributed by atoms with E-state index in [1.807, 2.05) is 0 Å². The molecule has 0 unspecified atom stereocenters. The van der Waals surface area contributed by atoms with Crippen LogP contribution < -0.4 is 10.6 Å². The first-order valence-corrected chi connectivity index (χ1v) is 10.1. The predicted molar refractivity (Wildman–Crippen MR) is 102 cm³/mol. The summed E-state index contributed by atoms with van der Waals surface area (Å²) in [6.07, 6.45) is 4.09. The van der Waals surface area contributed by atoms with Gasteiger partial charge in [0.2, 0.25) is 5.91 Å². The highest BCUT2D eigenvalue weighted by atomic mass is 16.5. The van der Waals surface area contributed by atoms with Crippen molar-refractivity contribution in [2.45, 2.75) is 70.9 Å². The van der Waals surface area contributed by atoms with E-state index in [0.29, 0.717) is 37.5 Å². The Morgan fingerprint density at radius 3 is 3.00 bits per heavy atom. The number of fused-ring (bicyclic) bond motifs is 1. The van der Waals surface area contributed by atoms with Crippen molar-refractivity contribution >= 4 is 11.9 Å². The topological polar surface area (TPSA) is 122 Å². The van der Waals surface area contributed by atoms with Crippen LogP contribution in [0.3, 0.4) is 0 Å². The standard InChI is InChI=1S/C19H32N6O3/c1-12(7-8-20-13(2)26)28-19(27)17-10-16-9-14(3-5-15(16)11-21-17)4-6-18-22-24-25-23-18/h12,14-17,21H,3-11H2,1-2H3,(H,20,26)(H,22,23,24,25)/t12-,14+,15-,16+,17-/m0/s1/i11D2,17D. The molecule has 156 valence electrons. The number of aryl methyl sites for hydroxylation is 1. The maximum Gasteiger partial charge on any atom is 0.323 e. The summed E-state index contributed by atoms with van der Waals surface area (Å²) in [6.45, 7) is 1.68. The number of rotatable bonds is 8. The van der Waals surface area contributed by atoms with Crippen molar-refractivity contribution in [1.29, 1.82) is 0 Å². The second-order valence-electron chi connectivity index (χ2n) is 7.85. The van der Waals surface area contributed by atoms with Crippen molar-refractivity contribution in [3.63, 3.8) is 0 Å². The van der Waals surface area contributed by atoms with Crippen LogP contribution in [0.4, 0.5) is 0 Å². The van der Waals surface area contributed by atoms with Gasteiger partial charge in [0.15, 0.2) is 5.82 Å². The molecule has 2 aliphatic rings. The van der Waals surface area contributed by atoms with E-state index in [9.17, 15) is 9.59 Å². The fraction of sp³-hybridized carbons (Fsp3) is 0.842. The zero-order valence-electron chi connectivity index (χ0n) is 19.5. The lowest BCUT2D eigenvalue weighted by molar-refractivity contribution is -0.152. The Kier molecular flexibility index (Phi) is 6.00. The Morgan fingerprint density at radius 1 is 1.39 bits per heavy atom. The summed E-state index contributed by atoms with van der Waals surface area (Å²) >= 11 is 0. The van der Waals surface area contributed by atoms with Gasteiger partial charge in [-0.15, -0.1) is 10.2 Å². The van der Waals surface area contributed by atoms with Crippen molar-refractivity contribution in [3.05, 3.63) is 5.82 Å². The quantitative estimate of drug-likeness (QED) is 0.561. The number of H-pyrrole nitrogens is 1. The number of hydrogen-bond donors (Lipinski definition) is 3. The summed E-state index contributed by atoms with van der Waals surface area (Å²) < 4.78 is 31.1. The number of piperidine rings is 1. The van der Waals surface area contributed by atoms with E-state index in [4.69, 9.17) is 8.85 Å². The Labute approximate surface area is 170 Å². The SMILES string of the molecule is [2H]C1([2H])N[C@]([2H])(C(=O)O[C@@H](C)CCNC(C)=O)C[C@H]2C[C@@H](CCc3nn[nH]n3)CC[C@H]21. The Hall–Kier alpha value is -2.03. The number of carbonyl (C=O) groups excluding carboxylic acids is 2. The van der Waals surface area contributed by atoms with E-state index in [1.165, 1.54) is 6.92 Å². The summed E-state index contributed by atoms with van der Waals surface area (Å²) in [7, 11) is 0. The van der Waals surface area contributed by atoms with E-state index in [0.717, 1.165) is 19.3 Å². The molecule has 1 aromatic rings. The minimum atomic E-state index is -1.83. The third-order valence-corrected chi connectivity index (χ3v) is 5.61. The van der Waals surface area contributed by atoms with Crippen molar-refractivity contribution in [1.82, 2.24) is 31.3 Å². The molecule has 9 nitrogen and oxygen atoms in total. The van der Waals surface area contributed by atoms with Crippen LogP contribution in [0, 0.1) is 17.8 Å². The number of nitrogens with one attached hydrogen (secondary N) is 3. The van der Waals surface area contributed by atoms with Crippen molar-refractivity contribution in [2.75, 3.05) is 13.0 Å². The maximum absolute atomic E-state index is 12.8. The molecule has 2 heterocycles. The van der Waals surface area contributed by atoms with E-state index in [2.05, 4.69) is 31.3 Å². The fourth-order valence-corrected chi connectivity index (χ4v) is 4.05. The second-order valence-corrected chi connectivity index (χ2v) is 7.85. The number of carbonyl (C=O) groups is 2. The average molecular weight is 396 g/mol. The third-order valence-electron chi connectivity index (χ3n) is 5.61. The molecule has 0 radical (unpaired) electrons. The van der Waals surface area contributed by atoms with Gasteiger partial charge in [-0.3, -0.25) is 9.59 Å².